The minimum Gasteiger partial charge on any atom is -0.377 e. The van der Waals surface area contributed by atoms with Gasteiger partial charge in [0.15, 0.2) is 0 Å². The highest BCUT2D eigenvalue weighted by Gasteiger charge is 2.20. The molecule has 0 saturated carbocycles. The summed E-state index contributed by atoms with van der Waals surface area (Å²) in [7, 11) is 2.01. The lowest BCUT2D eigenvalue weighted by atomic mass is 10.00. The summed E-state index contributed by atoms with van der Waals surface area (Å²) in [5.41, 5.74) is 1.29. The van der Waals surface area contributed by atoms with Crippen LogP contribution in [0.15, 0.2) is 12.3 Å². The highest BCUT2D eigenvalue weighted by Crippen LogP contribution is 2.14. The summed E-state index contributed by atoms with van der Waals surface area (Å²) >= 11 is 0. The maximum atomic E-state index is 5.96. The van der Waals surface area contributed by atoms with Crippen molar-refractivity contribution in [2.75, 3.05) is 13.2 Å². The average molecular weight is 281 g/mol. The van der Waals surface area contributed by atoms with E-state index in [0.717, 1.165) is 38.8 Å². The van der Waals surface area contributed by atoms with E-state index in [1.807, 2.05) is 17.9 Å². The van der Waals surface area contributed by atoms with E-state index < -0.39 is 0 Å². The number of aryl methyl sites for hydroxylation is 2. The Bertz CT molecular complexity index is 345. The Morgan fingerprint density at radius 3 is 2.60 bits per heavy atom. The van der Waals surface area contributed by atoms with Gasteiger partial charge in [-0.15, -0.1) is 0 Å². The maximum Gasteiger partial charge on any atom is 0.0727 e. The van der Waals surface area contributed by atoms with E-state index in [2.05, 4.69) is 37.3 Å². The molecule has 4 heteroatoms. The fraction of sp³-hybridized carbons (Fsp3) is 0.812. The lowest BCUT2D eigenvalue weighted by Crippen LogP contribution is -2.42. The molecule has 0 aliphatic rings. The lowest BCUT2D eigenvalue weighted by molar-refractivity contribution is 0.0259. The topological polar surface area (TPSA) is 39.1 Å². The minimum absolute atomic E-state index is 0.324. The summed E-state index contributed by atoms with van der Waals surface area (Å²) < 4.78 is 7.92. The molecule has 0 bridgehead atoms. The van der Waals surface area contributed by atoms with Gasteiger partial charge in [-0.3, -0.25) is 4.68 Å². The third-order valence-corrected chi connectivity index (χ3v) is 3.69. The quantitative estimate of drug-likeness (QED) is 0.678. The molecule has 0 saturated heterocycles. The molecule has 2 unspecified atom stereocenters. The normalized spacial score (nSPS) is 14.4. The third kappa shape index (κ3) is 5.63. The highest BCUT2D eigenvalue weighted by atomic mass is 16.5. The zero-order valence-electron chi connectivity index (χ0n) is 13.6. The van der Waals surface area contributed by atoms with E-state index >= 15 is 0 Å². The number of ether oxygens (including phenoxy) is 1. The Labute approximate surface area is 123 Å². The van der Waals surface area contributed by atoms with Gasteiger partial charge in [0, 0.05) is 31.6 Å². The van der Waals surface area contributed by atoms with Crippen LogP contribution in [0.5, 0.6) is 0 Å². The first-order valence-corrected chi connectivity index (χ1v) is 8.04. The van der Waals surface area contributed by atoms with Crippen LogP contribution < -0.4 is 5.32 Å². The minimum atomic E-state index is 0.324. The average Bonchev–Trinajstić information content (AvgIpc) is 2.84. The van der Waals surface area contributed by atoms with Gasteiger partial charge in [-0.05, 0) is 45.2 Å². The smallest absolute Gasteiger partial charge is 0.0727 e. The molecular weight excluding hydrogens is 250 g/mol. The number of hydrogen-bond acceptors (Lipinski definition) is 3. The summed E-state index contributed by atoms with van der Waals surface area (Å²) in [5.74, 6) is 0. The molecule has 0 fully saturated rings. The van der Waals surface area contributed by atoms with Gasteiger partial charge < -0.3 is 10.1 Å². The Balaban J connectivity index is 2.59. The number of nitrogens with zero attached hydrogens (tertiary/aromatic N) is 2. The van der Waals surface area contributed by atoms with E-state index in [-0.39, 0.29) is 0 Å². The fourth-order valence-electron chi connectivity index (χ4n) is 2.60. The predicted octanol–water partition coefficient (Wildman–Crippen LogP) is 2.93. The Hall–Kier alpha value is -0.870. The zero-order valence-corrected chi connectivity index (χ0v) is 13.6. The molecule has 1 rings (SSSR count). The molecule has 0 aliphatic heterocycles. The second-order valence-electron chi connectivity index (χ2n) is 5.33. The van der Waals surface area contributed by atoms with Crippen molar-refractivity contribution < 1.29 is 4.74 Å². The lowest BCUT2D eigenvalue weighted by Gasteiger charge is -2.28. The Morgan fingerprint density at radius 1 is 1.25 bits per heavy atom. The summed E-state index contributed by atoms with van der Waals surface area (Å²) in [4.78, 5) is 0. The number of aromatic nitrogens is 2. The Morgan fingerprint density at radius 2 is 2.05 bits per heavy atom. The molecule has 0 aromatic carbocycles. The first-order valence-electron chi connectivity index (χ1n) is 8.04. The molecule has 1 N–H and O–H groups in total. The van der Waals surface area contributed by atoms with Crippen LogP contribution in [0.1, 0.15) is 52.1 Å². The Kier molecular flexibility index (Phi) is 8.54. The fourth-order valence-corrected chi connectivity index (χ4v) is 2.60. The predicted molar refractivity (Wildman–Crippen MR) is 83.9 cm³/mol. The van der Waals surface area contributed by atoms with Gasteiger partial charge in [0.1, 0.15) is 0 Å². The van der Waals surface area contributed by atoms with Crippen molar-refractivity contribution in [1.29, 1.82) is 0 Å². The second kappa shape index (κ2) is 9.94. The van der Waals surface area contributed by atoms with Crippen LogP contribution in [-0.2, 0) is 18.2 Å². The monoisotopic (exact) mass is 281 g/mol. The van der Waals surface area contributed by atoms with Crippen molar-refractivity contribution in [3.63, 3.8) is 0 Å². The molecule has 1 aromatic rings. The number of hydrogen-bond donors (Lipinski definition) is 1. The van der Waals surface area contributed by atoms with Crippen LogP contribution in [0.25, 0.3) is 0 Å². The molecular formula is C16H31N3O. The summed E-state index contributed by atoms with van der Waals surface area (Å²) in [6, 6.07) is 2.54. The third-order valence-electron chi connectivity index (χ3n) is 3.69. The standard InChI is InChI=1S/C16H31N3O/c1-5-8-16(20-7-3)15(17-12-6-2)10-9-14-11-13-18-19(14)4/h11,13,15-17H,5-10,12H2,1-4H3. The van der Waals surface area contributed by atoms with E-state index in [0.29, 0.717) is 12.1 Å². The first kappa shape index (κ1) is 17.2. The van der Waals surface area contributed by atoms with Gasteiger partial charge in [0.2, 0.25) is 0 Å². The number of nitrogens with one attached hydrogen (secondary N) is 1. The largest absolute Gasteiger partial charge is 0.377 e. The van der Waals surface area contributed by atoms with Gasteiger partial charge in [0.05, 0.1) is 6.10 Å². The molecule has 1 heterocycles. The van der Waals surface area contributed by atoms with Gasteiger partial charge in [-0.2, -0.15) is 5.10 Å². The highest BCUT2D eigenvalue weighted by molar-refractivity contribution is 5.00. The van der Waals surface area contributed by atoms with E-state index in [1.54, 1.807) is 0 Å². The summed E-state index contributed by atoms with van der Waals surface area (Å²) in [6.45, 7) is 8.37. The molecule has 0 amide bonds. The molecule has 116 valence electrons. The van der Waals surface area contributed by atoms with Crippen LogP contribution in [-0.4, -0.2) is 35.1 Å². The summed E-state index contributed by atoms with van der Waals surface area (Å²) in [5, 5.41) is 7.91. The molecule has 4 nitrogen and oxygen atoms in total. The van der Waals surface area contributed by atoms with Gasteiger partial charge in [-0.25, -0.2) is 0 Å². The molecule has 0 radical (unpaired) electrons. The second-order valence-corrected chi connectivity index (χ2v) is 5.33. The van der Waals surface area contributed by atoms with Gasteiger partial charge in [0.25, 0.3) is 0 Å². The van der Waals surface area contributed by atoms with E-state index in [4.69, 9.17) is 4.74 Å². The van der Waals surface area contributed by atoms with Crippen LogP contribution in [0, 0.1) is 0 Å². The molecule has 0 spiro atoms. The van der Waals surface area contributed by atoms with Crippen molar-refractivity contribution in [2.24, 2.45) is 7.05 Å². The van der Waals surface area contributed by atoms with Crippen LogP contribution in [0.4, 0.5) is 0 Å². The molecule has 0 aliphatic carbocycles. The van der Waals surface area contributed by atoms with Crippen molar-refractivity contribution in [1.82, 2.24) is 15.1 Å². The zero-order chi connectivity index (χ0) is 14.8. The van der Waals surface area contributed by atoms with Crippen LogP contribution in [0.2, 0.25) is 0 Å². The molecule has 1 aromatic heterocycles. The van der Waals surface area contributed by atoms with Crippen molar-refractivity contribution in [3.05, 3.63) is 18.0 Å². The molecule has 2 atom stereocenters. The van der Waals surface area contributed by atoms with Crippen molar-refractivity contribution in [3.8, 4) is 0 Å². The first-order chi connectivity index (χ1) is 9.72. The van der Waals surface area contributed by atoms with Gasteiger partial charge in [-0.1, -0.05) is 20.3 Å². The van der Waals surface area contributed by atoms with Gasteiger partial charge >= 0.3 is 0 Å². The van der Waals surface area contributed by atoms with Crippen LogP contribution >= 0.6 is 0 Å². The number of rotatable bonds is 11. The SMILES string of the molecule is CCCNC(CCc1ccnn1C)C(CCC)OCC. The van der Waals surface area contributed by atoms with Crippen molar-refractivity contribution in [2.45, 2.75) is 65.0 Å². The maximum absolute atomic E-state index is 5.96. The van der Waals surface area contributed by atoms with E-state index in [9.17, 15) is 0 Å². The van der Waals surface area contributed by atoms with Crippen molar-refractivity contribution >= 4 is 0 Å². The summed E-state index contributed by atoms with van der Waals surface area (Å²) in [6.07, 6.45) is 7.80. The molecule has 20 heavy (non-hydrogen) atoms. The van der Waals surface area contributed by atoms with Crippen LogP contribution in [0.3, 0.4) is 0 Å². The van der Waals surface area contributed by atoms with E-state index in [1.165, 1.54) is 12.1 Å².